The van der Waals surface area contributed by atoms with Gasteiger partial charge >= 0.3 is 0 Å². The standard InChI is InChI=1S/C19H18ClN3O2/c1-13-9-14(2)11-16(10-13)21-19(24)18-7-8-23(22-18)12-25-17-5-3-15(20)4-6-17/h3-11H,12H2,1-2H3,(H,21,24). The minimum atomic E-state index is -0.254. The van der Waals surface area contributed by atoms with Gasteiger partial charge in [-0.15, -0.1) is 0 Å². The Morgan fingerprint density at radius 2 is 1.80 bits per heavy atom. The molecule has 2 aromatic carbocycles. The number of hydrogen-bond acceptors (Lipinski definition) is 3. The molecule has 6 heteroatoms. The average molecular weight is 356 g/mol. The van der Waals surface area contributed by atoms with E-state index >= 15 is 0 Å². The Morgan fingerprint density at radius 1 is 1.12 bits per heavy atom. The molecule has 1 heterocycles. The van der Waals surface area contributed by atoms with Crippen molar-refractivity contribution >= 4 is 23.2 Å². The molecule has 0 unspecified atom stereocenters. The van der Waals surface area contributed by atoms with Crippen LogP contribution in [-0.4, -0.2) is 15.7 Å². The summed E-state index contributed by atoms with van der Waals surface area (Å²) in [7, 11) is 0. The quantitative estimate of drug-likeness (QED) is 0.736. The first-order valence-corrected chi connectivity index (χ1v) is 8.19. The fourth-order valence-corrected chi connectivity index (χ4v) is 2.59. The number of rotatable bonds is 5. The molecule has 0 radical (unpaired) electrons. The topological polar surface area (TPSA) is 56.2 Å². The second kappa shape index (κ2) is 7.40. The highest BCUT2D eigenvalue weighted by molar-refractivity contribution is 6.30. The molecule has 0 aliphatic rings. The zero-order chi connectivity index (χ0) is 17.8. The molecule has 128 valence electrons. The molecule has 5 nitrogen and oxygen atoms in total. The third-order valence-electron chi connectivity index (χ3n) is 3.53. The number of hydrogen-bond donors (Lipinski definition) is 1. The smallest absolute Gasteiger partial charge is 0.276 e. The Morgan fingerprint density at radius 3 is 2.48 bits per heavy atom. The van der Waals surface area contributed by atoms with Crippen LogP contribution < -0.4 is 10.1 Å². The highest BCUT2D eigenvalue weighted by Crippen LogP contribution is 2.16. The first-order valence-electron chi connectivity index (χ1n) is 7.81. The lowest BCUT2D eigenvalue weighted by Crippen LogP contribution is -2.14. The van der Waals surface area contributed by atoms with Gasteiger partial charge in [-0.3, -0.25) is 4.79 Å². The zero-order valence-electron chi connectivity index (χ0n) is 14.0. The van der Waals surface area contributed by atoms with Crippen LogP contribution in [0.15, 0.2) is 54.7 Å². The highest BCUT2D eigenvalue weighted by atomic mass is 35.5. The van der Waals surface area contributed by atoms with Gasteiger partial charge in [0.05, 0.1) is 0 Å². The first kappa shape index (κ1) is 17.0. The van der Waals surface area contributed by atoms with Gasteiger partial charge in [0, 0.05) is 16.9 Å². The maximum Gasteiger partial charge on any atom is 0.276 e. The van der Waals surface area contributed by atoms with E-state index in [4.69, 9.17) is 16.3 Å². The number of amides is 1. The van der Waals surface area contributed by atoms with Crippen molar-refractivity contribution in [2.24, 2.45) is 0 Å². The number of benzene rings is 2. The summed E-state index contributed by atoms with van der Waals surface area (Å²) in [5, 5.41) is 7.75. The van der Waals surface area contributed by atoms with Gasteiger partial charge in [0.2, 0.25) is 0 Å². The van der Waals surface area contributed by atoms with E-state index in [9.17, 15) is 4.79 Å². The summed E-state index contributed by atoms with van der Waals surface area (Å²) < 4.78 is 7.16. The molecule has 3 aromatic rings. The van der Waals surface area contributed by atoms with Gasteiger partial charge in [0.1, 0.15) is 5.75 Å². The minimum Gasteiger partial charge on any atom is -0.471 e. The normalized spacial score (nSPS) is 10.5. The fraction of sp³-hybridized carbons (Fsp3) is 0.158. The highest BCUT2D eigenvalue weighted by Gasteiger charge is 2.10. The van der Waals surface area contributed by atoms with E-state index in [2.05, 4.69) is 16.5 Å². The molecule has 0 bridgehead atoms. The lowest BCUT2D eigenvalue weighted by atomic mass is 10.1. The van der Waals surface area contributed by atoms with E-state index in [1.54, 1.807) is 41.2 Å². The van der Waals surface area contributed by atoms with Crippen molar-refractivity contribution in [2.75, 3.05) is 5.32 Å². The molecule has 0 saturated carbocycles. The molecular weight excluding hydrogens is 338 g/mol. The second-order valence-electron chi connectivity index (χ2n) is 5.80. The Labute approximate surface area is 151 Å². The van der Waals surface area contributed by atoms with Crippen molar-refractivity contribution in [2.45, 2.75) is 20.6 Å². The minimum absolute atomic E-state index is 0.207. The van der Waals surface area contributed by atoms with Crippen molar-refractivity contribution in [3.63, 3.8) is 0 Å². The zero-order valence-corrected chi connectivity index (χ0v) is 14.7. The Hall–Kier alpha value is -2.79. The van der Waals surface area contributed by atoms with E-state index in [-0.39, 0.29) is 12.6 Å². The maximum absolute atomic E-state index is 12.3. The first-order chi connectivity index (χ1) is 12.0. The molecule has 0 fully saturated rings. The number of carbonyl (C=O) groups excluding carboxylic acids is 1. The number of nitrogens with zero attached hydrogens (tertiary/aromatic N) is 2. The molecule has 1 aromatic heterocycles. The van der Waals surface area contributed by atoms with Gasteiger partial charge in [-0.05, 0) is 67.4 Å². The molecule has 0 saturated heterocycles. The molecule has 1 N–H and O–H groups in total. The van der Waals surface area contributed by atoms with Crippen LogP contribution in [0.2, 0.25) is 5.02 Å². The summed E-state index contributed by atoms with van der Waals surface area (Å²) in [5.41, 5.74) is 3.28. The van der Waals surface area contributed by atoms with Gasteiger partial charge in [-0.2, -0.15) is 5.10 Å². The number of halogens is 1. The van der Waals surface area contributed by atoms with E-state index < -0.39 is 0 Å². The Balaban J connectivity index is 1.62. The predicted octanol–water partition coefficient (Wildman–Crippen LogP) is 4.44. The Kier molecular flexibility index (Phi) is 5.05. The van der Waals surface area contributed by atoms with E-state index in [0.29, 0.717) is 16.5 Å². The maximum atomic E-state index is 12.3. The number of nitrogens with one attached hydrogen (secondary N) is 1. The lowest BCUT2D eigenvalue weighted by Gasteiger charge is -2.07. The lowest BCUT2D eigenvalue weighted by molar-refractivity contribution is 0.102. The number of aryl methyl sites for hydroxylation is 2. The molecule has 0 spiro atoms. The van der Waals surface area contributed by atoms with Crippen LogP contribution in [0.1, 0.15) is 21.6 Å². The van der Waals surface area contributed by atoms with Crippen molar-refractivity contribution < 1.29 is 9.53 Å². The van der Waals surface area contributed by atoms with Crippen LogP contribution in [0, 0.1) is 13.8 Å². The number of ether oxygens (including phenoxy) is 1. The predicted molar refractivity (Wildman–Crippen MR) is 98.2 cm³/mol. The van der Waals surface area contributed by atoms with Crippen LogP contribution in [-0.2, 0) is 6.73 Å². The summed E-state index contributed by atoms with van der Waals surface area (Å²) >= 11 is 5.84. The van der Waals surface area contributed by atoms with E-state index in [1.165, 1.54) is 0 Å². The van der Waals surface area contributed by atoms with Crippen LogP contribution in [0.25, 0.3) is 0 Å². The number of aromatic nitrogens is 2. The number of anilines is 1. The summed E-state index contributed by atoms with van der Waals surface area (Å²) in [6.45, 7) is 4.19. The molecule has 0 atom stereocenters. The van der Waals surface area contributed by atoms with Gasteiger partial charge < -0.3 is 10.1 Å². The molecule has 3 rings (SSSR count). The van der Waals surface area contributed by atoms with Crippen molar-refractivity contribution in [3.8, 4) is 5.75 Å². The SMILES string of the molecule is Cc1cc(C)cc(NC(=O)c2ccn(COc3ccc(Cl)cc3)n2)c1. The van der Waals surface area contributed by atoms with Gasteiger partial charge in [-0.1, -0.05) is 17.7 Å². The van der Waals surface area contributed by atoms with Gasteiger partial charge in [0.25, 0.3) is 5.91 Å². The van der Waals surface area contributed by atoms with E-state index in [1.807, 2.05) is 26.0 Å². The van der Waals surface area contributed by atoms with Crippen molar-refractivity contribution in [1.82, 2.24) is 9.78 Å². The summed E-state index contributed by atoms with van der Waals surface area (Å²) in [5.74, 6) is 0.427. The molecule has 0 aliphatic heterocycles. The third-order valence-corrected chi connectivity index (χ3v) is 3.78. The number of carbonyl (C=O) groups is 1. The van der Waals surface area contributed by atoms with Gasteiger partial charge in [-0.25, -0.2) is 4.68 Å². The molecule has 1 amide bonds. The molecule has 25 heavy (non-hydrogen) atoms. The average Bonchev–Trinajstić information content (AvgIpc) is 3.02. The fourth-order valence-electron chi connectivity index (χ4n) is 2.47. The largest absolute Gasteiger partial charge is 0.471 e. The third kappa shape index (κ3) is 4.61. The second-order valence-corrected chi connectivity index (χ2v) is 6.23. The van der Waals surface area contributed by atoms with Crippen LogP contribution >= 0.6 is 11.6 Å². The summed E-state index contributed by atoms with van der Waals surface area (Å²) in [4.78, 5) is 12.3. The monoisotopic (exact) mass is 355 g/mol. The molecule has 0 aliphatic carbocycles. The van der Waals surface area contributed by atoms with Gasteiger partial charge in [0.15, 0.2) is 12.4 Å². The van der Waals surface area contributed by atoms with Crippen LogP contribution in [0.5, 0.6) is 5.75 Å². The van der Waals surface area contributed by atoms with Crippen molar-refractivity contribution in [1.29, 1.82) is 0 Å². The summed E-state index contributed by atoms with van der Waals surface area (Å²) in [6.07, 6.45) is 1.70. The van der Waals surface area contributed by atoms with Crippen molar-refractivity contribution in [3.05, 3.63) is 76.6 Å². The van der Waals surface area contributed by atoms with Crippen LogP contribution in [0.3, 0.4) is 0 Å². The Bertz CT molecular complexity index is 868. The van der Waals surface area contributed by atoms with Crippen LogP contribution in [0.4, 0.5) is 5.69 Å². The summed E-state index contributed by atoms with van der Waals surface area (Å²) in [6, 6.07) is 14.6. The molecular formula is C19H18ClN3O2. The van der Waals surface area contributed by atoms with E-state index in [0.717, 1.165) is 16.8 Å².